The van der Waals surface area contributed by atoms with Gasteiger partial charge < -0.3 is 10.4 Å². The summed E-state index contributed by atoms with van der Waals surface area (Å²) in [6.07, 6.45) is 2.90. The minimum absolute atomic E-state index is 0.122. The van der Waals surface area contributed by atoms with Gasteiger partial charge in [0.1, 0.15) is 23.1 Å². The van der Waals surface area contributed by atoms with Gasteiger partial charge in [-0.05, 0) is 12.1 Å². The maximum absolute atomic E-state index is 13.6. The molecule has 0 atom stereocenters. The predicted octanol–water partition coefficient (Wildman–Crippen LogP) is 3.06. The van der Waals surface area contributed by atoms with Gasteiger partial charge in [0.25, 0.3) is 0 Å². The van der Waals surface area contributed by atoms with Crippen LogP contribution < -0.4 is 5.32 Å². The average molecular weight is 321 g/mol. The van der Waals surface area contributed by atoms with Crippen LogP contribution in [0.1, 0.15) is 16.1 Å². The molecule has 0 aliphatic rings. The van der Waals surface area contributed by atoms with E-state index in [1.807, 2.05) is 0 Å². The lowest BCUT2D eigenvalue weighted by Crippen LogP contribution is -2.12. The molecule has 2 heterocycles. The van der Waals surface area contributed by atoms with Gasteiger partial charge in [-0.2, -0.15) is 0 Å². The summed E-state index contributed by atoms with van der Waals surface area (Å²) >= 11 is 0. The Kier molecular flexibility index (Phi) is 3.65. The Morgan fingerprint density at radius 2 is 1.91 bits per heavy atom. The third-order valence-corrected chi connectivity index (χ3v) is 3.33. The van der Waals surface area contributed by atoms with Crippen molar-refractivity contribution < 1.29 is 23.1 Å². The smallest absolute Gasteiger partial charge is 0.355 e. The maximum atomic E-state index is 13.6. The molecule has 0 amide bonds. The normalized spacial score (nSPS) is 10.9. The number of fused-ring (bicyclic) bond motifs is 1. The second-order valence-electron chi connectivity index (χ2n) is 4.76. The van der Waals surface area contributed by atoms with E-state index in [2.05, 4.69) is 10.3 Å². The lowest BCUT2D eigenvalue weighted by atomic mass is 10.2. The quantitative estimate of drug-likeness (QED) is 0.775. The lowest BCUT2D eigenvalue weighted by Gasteiger charge is -2.12. The van der Waals surface area contributed by atoms with Crippen LogP contribution in [0.15, 0.2) is 36.7 Å². The molecule has 0 bridgehead atoms. The third-order valence-electron chi connectivity index (χ3n) is 3.33. The summed E-state index contributed by atoms with van der Waals surface area (Å²) in [5, 5.41) is 12.0. The van der Waals surface area contributed by atoms with Crippen molar-refractivity contribution in [3.63, 3.8) is 0 Å². The fourth-order valence-electron chi connectivity index (χ4n) is 2.28. The topological polar surface area (TPSA) is 66.6 Å². The number of hydrogen-bond acceptors (Lipinski definition) is 3. The molecule has 23 heavy (non-hydrogen) atoms. The molecule has 2 aromatic heterocycles. The molecule has 2 N–H and O–H groups in total. The number of aromatic nitrogens is 2. The molecule has 0 unspecified atom stereocenters. The number of benzene rings is 1. The number of aromatic carboxylic acids is 1. The minimum Gasteiger partial charge on any atom is -0.476 e. The highest BCUT2D eigenvalue weighted by atomic mass is 19.1. The van der Waals surface area contributed by atoms with Gasteiger partial charge in [-0.15, -0.1) is 0 Å². The van der Waals surface area contributed by atoms with Crippen LogP contribution in [0.5, 0.6) is 0 Å². The second-order valence-corrected chi connectivity index (χ2v) is 4.76. The Balaban J connectivity index is 1.96. The van der Waals surface area contributed by atoms with Crippen LogP contribution in [0.4, 0.5) is 18.9 Å². The average Bonchev–Trinajstić information content (AvgIpc) is 2.93. The van der Waals surface area contributed by atoms with Crippen LogP contribution in [-0.4, -0.2) is 20.5 Å². The zero-order valence-electron chi connectivity index (χ0n) is 11.6. The summed E-state index contributed by atoms with van der Waals surface area (Å²) in [6.45, 7) is -0.335. The van der Waals surface area contributed by atoms with E-state index in [0.29, 0.717) is 17.8 Å². The van der Waals surface area contributed by atoms with E-state index >= 15 is 0 Å². The van der Waals surface area contributed by atoms with Crippen molar-refractivity contribution in [1.82, 2.24) is 9.38 Å². The molecule has 0 aliphatic heterocycles. The summed E-state index contributed by atoms with van der Waals surface area (Å²) in [7, 11) is 0. The molecule has 0 spiro atoms. The van der Waals surface area contributed by atoms with Gasteiger partial charge >= 0.3 is 5.97 Å². The van der Waals surface area contributed by atoms with Crippen LogP contribution in [0.2, 0.25) is 0 Å². The van der Waals surface area contributed by atoms with Crippen molar-refractivity contribution in [2.24, 2.45) is 0 Å². The highest BCUT2D eigenvalue weighted by molar-refractivity contribution is 5.93. The van der Waals surface area contributed by atoms with Gasteiger partial charge in [0.15, 0.2) is 5.69 Å². The number of nitrogens with one attached hydrogen (secondary N) is 1. The van der Waals surface area contributed by atoms with E-state index < -0.39 is 23.4 Å². The Morgan fingerprint density at radius 3 is 2.57 bits per heavy atom. The van der Waals surface area contributed by atoms with Crippen molar-refractivity contribution >= 4 is 17.3 Å². The molecule has 5 nitrogen and oxygen atoms in total. The molecule has 0 radical (unpaired) electrons. The summed E-state index contributed by atoms with van der Waals surface area (Å²) in [5.74, 6) is -4.34. The van der Waals surface area contributed by atoms with Gasteiger partial charge in [0.2, 0.25) is 0 Å². The summed E-state index contributed by atoms with van der Waals surface area (Å²) in [4.78, 5) is 15.4. The molecular weight excluding hydrogens is 311 g/mol. The molecule has 8 heteroatoms. The summed E-state index contributed by atoms with van der Waals surface area (Å²) < 4.78 is 41.5. The number of nitrogens with zero attached hydrogens (tertiary/aromatic N) is 2. The zero-order valence-corrected chi connectivity index (χ0v) is 11.6. The monoisotopic (exact) mass is 321 g/mol. The number of carbonyl (C=O) groups is 1. The Hall–Kier alpha value is -3.03. The fourth-order valence-corrected chi connectivity index (χ4v) is 2.28. The van der Waals surface area contributed by atoms with Crippen LogP contribution >= 0.6 is 0 Å². The number of imidazole rings is 1. The molecule has 1 aromatic carbocycles. The molecule has 0 fully saturated rings. The van der Waals surface area contributed by atoms with E-state index in [1.165, 1.54) is 22.9 Å². The van der Waals surface area contributed by atoms with Gasteiger partial charge in [0.05, 0.1) is 5.69 Å². The first-order chi connectivity index (χ1) is 11.0. The van der Waals surface area contributed by atoms with Crippen LogP contribution in [-0.2, 0) is 6.54 Å². The van der Waals surface area contributed by atoms with Crippen molar-refractivity contribution in [3.8, 4) is 0 Å². The van der Waals surface area contributed by atoms with Crippen molar-refractivity contribution in [2.45, 2.75) is 6.54 Å². The first-order valence-electron chi connectivity index (χ1n) is 6.54. The van der Waals surface area contributed by atoms with Crippen molar-refractivity contribution in [1.29, 1.82) is 0 Å². The van der Waals surface area contributed by atoms with E-state index in [4.69, 9.17) is 0 Å². The van der Waals surface area contributed by atoms with E-state index in [-0.39, 0.29) is 23.5 Å². The largest absolute Gasteiger partial charge is 0.476 e. The van der Waals surface area contributed by atoms with E-state index in [1.54, 1.807) is 6.07 Å². The van der Waals surface area contributed by atoms with Crippen molar-refractivity contribution in [2.75, 3.05) is 5.32 Å². The number of carboxylic acids is 1. The Bertz CT molecular complexity index is 885. The first-order valence-corrected chi connectivity index (χ1v) is 6.54. The van der Waals surface area contributed by atoms with Gasteiger partial charge in [0, 0.05) is 36.6 Å². The Labute approximate surface area is 128 Å². The summed E-state index contributed by atoms with van der Waals surface area (Å²) in [5.41, 5.74) is 0.0783. The number of halogens is 3. The number of rotatable bonds is 4. The molecule has 118 valence electrons. The second kappa shape index (κ2) is 5.64. The van der Waals surface area contributed by atoms with Gasteiger partial charge in [-0.25, -0.2) is 22.9 Å². The third kappa shape index (κ3) is 2.70. The highest BCUT2D eigenvalue weighted by Gasteiger charge is 2.17. The van der Waals surface area contributed by atoms with Crippen LogP contribution in [0.25, 0.3) is 5.65 Å². The van der Waals surface area contributed by atoms with Crippen molar-refractivity contribution in [3.05, 3.63) is 65.4 Å². The molecule has 3 aromatic rings. The number of anilines is 1. The number of carboxylic acid groups (broad SMARTS) is 1. The molecule has 0 saturated carbocycles. The van der Waals surface area contributed by atoms with E-state index in [0.717, 1.165) is 0 Å². The Morgan fingerprint density at radius 1 is 1.22 bits per heavy atom. The standard InChI is InChI=1S/C15H10F3N3O2/c16-8-5-10(17)9(11(18)6-8)7-20-12-1-2-13-19-3-4-21(13)14(12)15(22)23/h1-6,20H,7H2,(H,22,23). The maximum Gasteiger partial charge on any atom is 0.355 e. The van der Waals surface area contributed by atoms with E-state index in [9.17, 15) is 23.1 Å². The van der Waals surface area contributed by atoms with Crippen LogP contribution in [0.3, 0.4) is 0 Å². The lowest BCUT2D eigenvalue weighted by molar-refractivity contribution is 0.0690. The predicted molar refractivity (Wildman–Crippen MR) is 75.8 cm³/mol. The zero-order chi connectivity index (χ0) is 16.6. The molecular formula is C15H10F3N3O2. The number of hydrogen-bond donors (Lipinski definition) is 2. The number of pyridine rings is 1. The highest BCUT2D eigenvalue weighted by Crippen LogP contribution is 2.21. The SMILES string of the molecule is O=C(O)c1c(NCc2c(F)cc(F)cc2F)ccc2nccn12. The summed E-state index contributed by atoms with van der Waals surface area (Å²) in [6, 6.07) is 4.14. The van der Waals surface area contributed by atoms with Gasteiger partial charge in [-0.1, -0.05) is 0 Å². The van der Waals surface area contributed by atoms with Gasteiger partial charge in [-0.3, -0.25) is 4.40 Å². The fraction of sp³-hybridized carbons (Fsp3) is 0.0667. The molecule has 0 saturated heterocycles. The minimum atomic E-state index is -1.23. The molecule has 0 aliphatic carbocycles. The molecule has 3 rings (SSSR count). The first kappa shape index (κ1) is 14.9. The van der Waals surface area contributed by atoms with Crippen LogP contribution in [0, 0.1) is 17.5 Å².